The fourth-order valence-corrected chi connectivity index (χ4v) is 0.258. The van der Waals surface area contributed by atoms with Gasteiger partial charge in [-0.3, -0.25) is 0 Å². The Kier molecular flexibility index (Phi) is 17.4. The van der Waals surface area contributed by atoms with Gasteiger partial charge in [0, 0.05) is 0 Å². The van der Waals surface area contributed by atoms with Gasteiger partial charge in [0.05, 0.1) is 25.0 Å². The van der Waals surface area contributed by atoms with Crippen LogP contribution in [0.3, 0.4) is 0 Å². The van der Waals surface area contributed by atoms with Crippen molar-refractivity contribution in [1.82, 2.24) is 0 Å². The maximum absolute atomic E-state index is 9.63. The van der Waals surface area contributed by atoms with E-state index in [2.05, 4.69) is 11.5 Å². The summed E-state index contributed by atoms with van der Waals surface area (Å²) in [5, 5.41) is 35.7. The van der Waals surface area contributed by atoms with E-state index in [1.165, 1.54) is 0 Å². The predicted octanol–water partition coefficient (Wildman–Crippen LogP) is -6.30. The van der Waals surface area contributed by atoms with Crippen LogP contribution >= 0.6 is 0 Å². The molecular weight excluding hydrogens is 220 g/mol. The molecule has 0 saturated carbocycles. The quantitative estimate of drug-likeness (QED) is 0.381. The first-order valence-electron chi connectivity index (χ1n) is 4.66. The third-order valence-electron chi connectivity index (χ3n) is 0.782. The fraction of sp³-hybridized carbons (Fsp3) is 0.750. The van der Waals surface area contributed by atoms with Crippen LogP contribution in [-0.2, 0) is 9.59 Å². The minimum Gasteiger partial charge on any atom is -0.547 e. The van der Waals surface area contributed by atoms with Crippen molar-refractivity contribution in [2.24, 2.45) is 0 Å². The summed E-state index contributed by atoms with van der Waals surface area (Å²) in [5.41, 5.74) is 6.97. The van der Waals surface area contributed by atoms with Crippen molar-refractivity contribution in [3.8, 4) is 0 Å². The number of aliphatic hydroxyl groups is 2. The zero-order valence-electron chi connectivity index (χ0n) is 9.51. The summed E-state index contributed by atoms with van der Waals surface area (Å²) < 4.78 is 0. The number of carbonyl (C=O) groups excluding carboxylic acids is 2. The zero-order chi connectivity index (χ0) is 13.7. The molecule has 0 bridgehead atoms. The van der Waals surface area contributed by atoms with Gasteiger partial charge in [-0.2, -0.15) is 0 Å². The van der Waals surface area contributed by atoms with Gasteiger partial charge in [-0.1, -0.05) is 0 Å². The van der Waals surface area contributed by atoms with E-state index in [4.69, 9.17) is 10.2 Å². The summed E-state index contributed by atoms with van der Waals surface area (Å²) >= 11 is 0. The van der Waals surface area contributed by atoms with Crippen LogP contribution in [-0.4, -0.2) is 47.4 Å². The average molecular weight is 240 g/mol. The van der Waals surface area contributed by atoms with Gasteiger partial charge >= 0.3 is 0 Å². The molecule has 0 aliphatic rings. The molecule has 0 aromatic carbocycles. The molecule has 0 radical (unpaired) electrons. The number of quaternary nitrogens is 2. The summed E-state index contributed by atoms with van der Waals surface area (Å²) in [4.78, 5) is 19.3. The summed E-state index contributed by atoms with van der Waals surface area (Å²) in [6.07, 6.45) is -4.88. The summed E-state index contributed by atoms with van der Waals surface area (Å²) in [7, 11) is 0. The van der Waals surface area contributed by atoms with Crippen LogP contribution in [0.2, 0.25) is 0 Å². The van der Waals surface area contributed by atoms with Crippen molar-refractivity contribution in [3.63, 3.8) is 0 Å². The van der Waals surface area contributed by atoms with Crippen LogP contribution in [0.4, 0.5) is 0 Å². The van der Waals surface area contributed by atoms with Gasteiger partial charge in [-0.15, -0.1) is 0 Å². The molecule has 8 heteroatoms. The van der Waals surface area contributed by atoms with E-state index in [1.807, 2.05) is 13.8 Å². The highest BCUT2D eigenvalue weighted by Gasteiger charge is 2.17. The summed E-state index contributed by atoms with van der Waals surface area (Å²) in [6.45, 7) is 6.03. The van der Waals surface area contributed by atoms with E-state index < -0.39 is 24.1 Å². The molecule has 0 aliphatic carbocycles. The van der Waals surface area contributed by atoms with E-state index in [9.17, 15) is 19.8 Å². The maximum Gasteiger partial charge on any atom is 0.124 e. The molecule has 0 spiro atoms. The second kappa shape index (κ2) is 13.8. The highest BCUT2D eigenvalue weighted by Crippen LogP contribution is 1.88. The molecule has 2 atom stereocenters. The topological polar surface area (TPSA) is 176 Å². The maximum atomic E-state index is 9.63. The van der Waals surface area contributed by atoms with E-state index in [0.717, 1.165) is 13.1 Å². The van der Waals surface area contributed by atoms with E-state index in [-0.39, 0.29) is 0 Å². The van der Waals surface area contributed by atoms with Crippen LogP contribution in [0, 0.1) is 0 Å². The summed E-state index contributed by atoms with van der Waals surface area (Å²) in [5.74, 6) is -4.12. The highest BCUT2D eigenvalue weighted by atomic mass is 16.4. The largest absolute Gasteiger partial charge is 0.547 e. The molecule has 8 nitrogen and oxygen atoms in total. The van der Waals surface area contributed by atoms with E-state index >= 15 is 0 Å². The lowest BCUT2D eigenvalue weighted by molar-refractivity contribution is -0.362. The Hall–Kier alpha value is -1.22. The molecule has 0 unspecified atom stereocenters. The Morgan fingerprint density at radius 1 is 1.00 bits per heavy atom. The van der Waals surface area contributed by atoms with Crippen LogP contribution in [0.15, 0.2) is 0 Å². The number of carboxylic acid groups (broad SMARTS) is 2. The summed E-state index contributed by atoms with van der Waals surface area (Å²) in [6, 6.07) is 0. The Morgan fingerprint density at radius 2 is 1.12 bits per heavy atom. The number of hydrogen-bond donors (Lipinski definition) is 4. The van der Waals surface area contributed by atoms with Crippen LogP contribution in [0.25, 0.3) is 0 Å². The standard InChI is InChI=1S/C4H6O6.2C2H7N/c5-1(3(7)8)2(6)4(9)10;2*1-2-3/h1-2,5-6H,(H,7,8)(H,9,10);2*2-3H2,1H3/t1-,2-;;/m1../s1. The first-order valence-corrected chi connectivity index (χ1v) is 4.66. The molecule has 98 valence electrons. The number of rotatable bonds is 3. The lowest BCUT2D eigenvalue weighted by Gasteiger charge is -2.18. The van der Waals surface area contributed by atoms with Gasteiger partial charge < -0.3 is 41.5 Å². The van der Waals surface area contributed by atoms with Gasteiger partial charge in [0.25, 0.3) is 0 Å². The van der Waals surface area contributed by atoms with E-state index in [1.54, 1.807) is 0 Å². The first kappa shape index (κ1) is 20.2. The number of aliphatic hydroxyl groups excluding tert-OH is 2. The van der Waals surface area contributed by atoms with Crippen LogP contribution in [0.1, 0.15) is 13.8 Å². The van der Waals surface area contributed by atoms with Crippen LogP contribution < -0.4 is 21.7 Å². The minimum atomic E-state index is -2.44. The van der Waals surface area contributed by atoms with Crippen molar-refractivity contribution >= 4 is 11.9 Å². The SMILES string of the molecule is CC[NH3+].CC[NH3+].O=C([O-])[C@H](O)[C@@H](O)C(=O)[O-]. The Bertz CT molecular complexity index is 167. The van der Waals surface area contributed by atoms with Crippen molar-refractivity contribution in [3.05, 3.63) is 0 Å². The molecule has 0 aromatic heterocycles. The molecule has 0 fully saturated rings. The zero-order valence-corrected chi connectivity index (χ0v) is 9.51. The molecule has 0 heterocycles. The normalized spacial score (nSPS) is 12.1. The molecule has 8 N–H and O–H groups in total. The lowest BCUT2D eigenvalue weighted by Crippen LogP contribution is -2.51. The third kappa shape index (κ3) is 15.3. The number of carbonyl (C=O) groups is 2. The Morgan fingerprint density at radius 3 is 1.19 bits per heavy atom. The second-order valence-electron chi connectivity index (χ2n) is 2.53. The van der Waals surface area contributed by atoms with Gasteiger partial charge in [-0.25, -0.2) is 0 Å². The Labute approximate surface area is 93.5 Å². The van der Waals surface area contributed by atoms with Gasteiger partial charge in [0.2, 0.25) is 0 Å². The predicted molar refractivity (Wildman–Crippen MR) is 48.9 cm³/mol. The Balaban J connectivity index is -0.000000235. The number of carboxylic acids is 2. The monoisotopic (exact) mass is 240 g/mol. The number of aliphatic carboxylic acids is 2. The smallest absolute Gasteiger partial charge is 0.124 e. The fourth-order valence-electron chi connectivity index (χ4n) is 0.258. The van der Waals surface area contributed by atoms with E-state index in [0.29, 0.717) is 0 Å². The van der Waals surface area contributed by atoms with Crippen molar-refractivity contribution in [2.45, 2.75) is 26.1 Å². The minimum absolute atomic E-state index is 1.00. The molecular formula is C8H20N2O6. The average Bonchev–Trinajstić information content (AvgIpc) is 2.17. The molecule has 16 heavy (non-hydrogen) atoms. The lowest BCUT2D eigenvalue weighted by atomic mass is 10.2. The molecule has 0 aliphatic heterocycles. The molecule has 0 aromatic rings. The first-order chi connectivity index (χ1) is 7.29. The second-order valence-corrected chi connectivity index (χ2v) is 2.53. The van der Waals surface area contributed by atoms with Crippen molar-refractivity contribution in [1.29, 1.82) is 0 Å². The van der Waals surface area contributed by atoms with Gasteiger partial charge in [-0.05, 0) is 13.8 Å². The number of hydrogen-bond acceptors (Lipinski definition) is 6. The van der Waals surface area contributed by atoms with Crippen molar-refractivity contribution < 1.29 is 41.5 Å². The van der Waals surface area contributed by atoms with Crippen molar-refractivity contribution in [2.75, 3.05) is 13.1 Å². The molecule has 0 rings (SSSR count). The van der Waals surface area contributed by atoms with Crippen LogP contribution in [0.5, 0.6) is 0 Å². The van der Waals surface area contributed by atoms with Gasteiger partial charge in [0.1, 0.15) is 12.2 Å². The highest BCUT2D eigenvalue weighted by molar-refractivity contribution is 5.80. The molecule has 0 saturated heterocycles. The van der Waals surface area contributed by atoms with Gasteiger partial charge in [0.15, 0.2) is 0 Å². The third-order valence-corrected chi connectivity index (χ3v) is 0.782. The molecule has 0 amide bonds.